The molecule has 1 saturated heterocycles. The summed E-state index contributed by atoms with van der Waals surface area (Å²) in [5, 5.41) is 3.68. The summed E-state index contributed by atoms with van der Waals surface area (Å²) in [6, 6.07) is 27.5. The van der Waals surface area contributed by atoms with Gasteiger partial charge < -0.3 is 11.1 Å². The lowest BCUT2D eigenvalue weighted by molar-refractivity contribution is 0.191. The second-order valence-corrected chi connectivity index (χ2v) is 10.8. The zero-order valence-electron chi connectivity index (χ0n) is 24.6. The molecule has 3 N–H and O–H groups in total. The van der Waals surface area contributed by atoms with E-state index < -0.39 is 0 Å². The van der Waals surface area contributed by atoms with Crippen LogP contribution in [0.2, 0.25) is 0 Å². The van der Waals surface area contributed by atoms with Crippen LogP contribution in [0.1, 0.15) is 38.7 Å². The van der Waals surface area contributed by atoms with E-state index in [1.54, 1.807) is 6.20 Å². The Morgan fingerprint density at radius 1 is 0.905 bits per heavy atom. The largest absolute Gasteiger partial charge is 0.383 e. The Morgan fingerprint density at radius 3 is 2.38 bits per heavy atom. The van der Waals surface area contributed by atoms with Gasteiger partial charge in [0.05, 0.1) is 11.3 Å². The van der Waals surface area contributed by atoms with Crippen molar-refractivity contribution in [2.24, 2.45) is 0 Å². The van der Waals surface area contributed by atoms with Crippen molar-refractivity contribution in [3.63, 3.8) is 0 Å². The number of hydrogen-bond donors (Lipinski definition) is 3. The predicted octanol–water partition coefficient (Wildman–Crippen LogP) is 6.63. The molecule has 0 saturated carbocycles. The number of nitrogens with zero attached hydrogens (tertiary/aromatic N) is 5. The van der Waals surface area contributed by atoms with Crippen molar-refractivity contribution in [1.29, 1.82) is 0 Å². The monoisotopic (exact) mass is 579 g/mol. The summed E-state index contributed by atoms with van der Waals surface area (Å²) in [5.41, 5.74) is 13.0. The van der Waals surface area contributed by atoms with E-state index in [4.69, 9.17) is 15.7 Å². The van der Waals surface area contributed by atoms with E-state index in [9.17, 15) is 0 Å². The predicted molar refractivity (Wildman–Crippen MR) is 178 cm³/mol. The zero-order valence-corrected chi connectivity index (χ0v) is 25.5. The number of nitrogens with one attached hydrogen (secondary N) is 1. The molecule has 1 aliphatic heterocycles. The van der Waals surface area contributed by atoms with E-state index in [1.165, 1.54) is 18.4 Å². The molecule has 8 heteroatoms. The number of thiol groups is 1. The molecule has 218 valence electrons. The van der Waals surface area contributed by atoms with Crippen LogP contribution in [0.25, 0.3) is 39.5 Å². The van der Waals surface area contributed by atoms with Crippen LogP contribution in [0.3, 0.4) is 0 Å². The minimum atomic E-state index is 0.447. The number of anilines is 1. The number of fused-ring (bicyclic) bond motifs is 1. The minimum Gasteiger partial charge on any atom is -0.383 e. The second-order valence-electron chi connectivity index (χ2n) is 10.4. The van der Waals surface area contributed by atoms with E-state index in [0.29, 0.717) is 11.9 Å². The molecular formula is C34H41N7S. The Kier molecular flexibility index (Phi) is 10.2. The van der Waals surface area contributed by atoms with E-state index in [1.807, 2.05) is 56.3 Å². The Bertz CT molecular complexity index is 1560. The molecule has 0 spiro atoms. The molecule has 5 aromatic rings. The maximum Gasteiger partial charge on any atom is 0.165 e. The first-order valence-corrected chi connectivity index (χ1v) is 15.6. The van der Waals surface area contributed by atoms with Gasteiger partial charge in [-0.05, 0) is 86.6 Å². The highest BCUT2D eigenvalue weighted by molar-refractivity contribution is 7.80. The molecule has 1 aliphatic rings. The molecule has 0 atom stereocenters. The lowest BCUT2D eigenvalue weighted by Gasteiger charge is -2.32. The van der Waals surface area contributed by atoms with Gasteiger partial charge in [-0.25, -0.2) is 15.0 Å². The number of benzene rings is 2. The zero-order chi connectivity index (χ0) is 29.3. The van der Waals surface area contributed by atoms with Gasteiger partial charge in [0.15, 0.2) is 11.5 Å². The molecule has 0 amide bonds. The Hall–Kier alpha value is -3.72. The number of nitrogens with two attached hydrogens (primary N) is 1. The molecule has 2 aromatic carbocycles. The van der Waals surface area contributed by atoms with Gasteiger partial charge in [-0.2, -0.15) is 12.6 Å². The molecule has 3 aromatic heterocycles. The molecule has 42 heavy (non-hydrogen) atoms. The van der Waals surface area contributed by atoms with Crippen LogP contribution in [0.4, 0.5) is 5.82 Å². The molecule has 7 nitrogen and oxygen atoms in total. The normalized spacial score (nSPS) is 14.1. The van der Waals surface area contributed by atoms with Gasteiger partial charge in [0, 0.05) is 30.0 Å². The average Bonchev–Trinajstić information content (AvgIpc) is 3.42. The molecular weight excluding hydrogens is 538 g/mol. The van der Waals surface area contributed by atoms with Crippen molar-refractivity contribution < 1.29 is 0 Å². The van der Waals surface area contributed by atoms with Gasteiger partial charge in [0.25, 0.3) is 0 Å². The number of aromatic nitrogens is 4. The van der Waals surface area contributed by atoms with Crippen molar-refractivity contribution >= 4 is 29.6 Å². The number of pyridine rings is 2. The minimum absolute atomic E-state index is 0.447. The van der Waals surface area contributed by atoms with Crippen molar-refractivity contribution in [2.75, 3.05) is 31.1 Å². The summed E-state index contributed by atoms with van der Waals surface area (Å²) >= 11 is 4.32. The van der Waals surface area contributed by atoms with Crippen LogP contribution in [0, 0.1) is 0 Å². The van der Waals surface area contributed by atoms with Crippen LogP contribution in [0.5, 0.6) is 0 Å². The third-order valence-electron chi connectivity index (χ3n) is 7.61. The average molecular weight is 580 g/mol. The summed E-state index contributed by atoms with van der Waals surface area (Å²) in [5.74, 6) is 2.12. The Labute approximate surface area is 254 Å². The first-order chi connectivity index (χ1) is 20.7. The number of imidazole rings is 1. The fourth-order valence-corrected chi connectivity index (χ4v) is 5.61. The summed E-state index contributed by atoms with van der Waals surface area (Å²) < 4.78 is 2.10. The number of nitrogen functional groups attached to an aromatic ring is 1. The number of hydrogen-bond acceptors (Lipinski definition) is 7. The first kappa shape index (κ1) is 29.8. The summed E-state index contributed by atoms with van der Waals surface area (Å²) in [4.78, 5) is 16.9. The van der Waals surface area contributed by atoms with E-state index >= 15 is 0 Å². The highest BCUT2D eigenvalue weighted by atomic mass is 32.1. The van der Waals surface area contributed by atoms with Crippen molar-refractivity contribution in [2.45, 2.75) is 45.7 Å². The van der Waals surface area contributed by atoms with Gasteiger partial charge in [-0.15, -0.1) is 0 Å². The molecule has 6 rings (SSSR count). The molecule has 0 radical (unpaired) electrons. The third kappa shape index (κ3) is 6.84. The lowest BCUT2D eigenvalue weighted by atomic mass is 10.0. The van der Waals surface area contributed by atoms with Gasteiger partial charge in [-0.1, -0.05) is 56.3 Å². The highest BCUT2D eigenvalue weighted by Crippen LogP contribution is 2.32. The maximum absolute atomic E-state index is 6.32. The topological polar surface area (TPSA) is 84.9 Å². The van der Waals surface area contributed by atoms with Gasteiger partial charge in [-0.3, -0.25) is 9.47 Å². The van der Waals surface area contributed by atoms with E-state index in [0.717, 1.165) is 77.8 Å². The van der Waals surface area contributed by atoms with E-state index in [2.05, 4.69) is 68.8 Å². The molecule has 4 heterocycles. The lowest BCUT2D eigenvalue weighted by Crippen LogP contribution is -2.42. The highest BCUT2D eigenvalue weighted by Gasteiger charge is 2.20. The Morgan fingerprint density at radius 2 is 1.67 bits per heavy atom. The number of piperidine rings is 1. The second kappa shape index (κ2) is 14.4. The van der Waals surface area contributed by atoms with Crippen LogP contribution in [-0.4, -0.2) is 55.8 Å². The fraction of sp³-hybridized carbons (Fsp3) is 0.324. The van der Waals surface area contributed by atoms with Crippen LogP contribution >= 0.6 is 12.6 Å². The SMILES string of the molecule is CC.Nc1ncccc1-c1nc2ccc(-c3ccccc3)nc2n1-c1ccc(CN2CCC(NCCCS)CC2)cc1. The summed E-state index contributed by atoms with van der Waals surface area (Å²) in [7, 11) is 0. The van der Waals surface area contributed by atoms with Crippen molar-refractivity contribution in [1.82, 2.24) is 29.7 Å². The van der Waals surface area contributed by atoms with E-state index in [-0.39, 0.29) is 0 Å². The molecule has 0 unspecified atom stereocenters. The first-order valence-electron chi connectivity index (χ1n) is 15.0. The van der Waals surface area contributed by atoms with Crippen molar-refractivity contribution in [3.8, 4) is 28.3 Å². The summed E-state index contributed by atoms with van der Waals surface area (Å²) in [6.07, 6.45) is 5.21. The Balaban J connectivity index is 0.00000173. The maximum atomic E-state index is 6.32. The van der Waals surface area contributed by atoms with Crippen molar-refractivity contribution in [3.05, 3.63) is 90.6 Å². The number of rotatable bonds is 9. The fourth-order valence-electron chi connectivity index (χ4n) is 5.45. The van der Waals surface area contributed by atoms with Gasteiger partial charge in [0.2, 0.25) is 0 Å². The van der Waals surface area contributed by atoms with Crippen LogP contribution in [-0.2, 0) is 6.54 Å². The van der Waals surface area contributed by atoms with Gasteiger partial charge in [0.1, 0.15) is 11.3 Å². The standard InChI is InChI=1S/C32H35N7S.C2H6/c33-30-27(8-4-17-35-30)31-37-29-14-13-28(24-6-2-1-3-7-24)36-32(29)39(31)26-11-9-23(10-12-26)22-38-19-15-25(16-20-38)34-18-5-21-40;1-2/h1-4,6-14,17,25,34,40H,5,15-16,18-22H2,(H2,33,35);1-2H3. The quantitative estimate of drug-likeness (QED) is 0.134. The molecule has 1 fully saturated rings. The van der Waals surface area contributed by atoms with Crippen LogP contribution < -0.4 is 11.1 Å². The smallest absolute Gasteiger partial charge is 0.165 e. The molecule has 0 aliphatic carbocycles. The van der Waals surface area contributed by atoms with Gasteiger partial charge >= 0.3 is 0 Å². The molecule has 0 bridgehead atoms. The number of likely N-dealkylation sites (tertiary alicyclic amines) is 1. The van der Waals surface area contributed by atoms with Crippen LogP contribution in [0.15, 0.2) is 85.1 Å². The summed E-state index contributed by atoms with van der Waals surface area (Å²) in [6.45, 7) is 8.24. The third-order valence-corrected chi connectivity index (χ3v) is 7.93.